The van der Waals surface area contributed by atoms with Crippen molar-refractivity contribution in [1.82, 2.24) is 0 Å². The molecule has 94 valence electrons. The summed E-state index contributed by atoms with van der Waals surface area (Å²) in [5, 5.41) is 9.61. The SMILES string of the molecule is CS(=O)(=O)OCCc1ccc2c(c1)C(O)CO2. The Labute approximate surface area is 100 Å². The van der Waals surface area contributed by atoms with Gasteiger partial charge in [0.1, 0.15) is 18.5 Å². The van der Waals surface area contributed by atoms with Gasteiger partial charge in [0.15, 0.2) is 0 Å². The van der Waals surface area contributed by atoms with E-state index in [1.807, 2.05) is 12.1 Å². The van der Waals surface area contributed by atoms with Crippen LogP contribution in [0.4, 0.5) is 0 Å². The molecular weight excluding hydrogens is 244 g/mol. The first-order chi connectivity index (χ1) is 7.96. The average Bonchev–Trinajstić information content (AvgIpc) is 2.59. The minimum atomic E-state index is -3.39. The van der Waals surface area contributed by atoms with Crippen LogP contribution in [0, 0.1) is 0 Å². The molecule has 1 heterocycles. The number of aliphatic hydroxyl groups is 1. The van der Waals surface area contributed by atoms with Gasteiger partial charge in [-0.1, -0.05) is 6.07 Å². The quantitative estimate of drug-likeness (QED) is 0.802. The molecule has 6 heteroatoms. The van der Waals surface area contributed by atoms with Crippen molar-refractivity contribution in [1.29, 1.82) is 0 Å². The summed E-state index contributed by atoms with van der Waals surface area (Å²) >= 11 is 0. The van der Waals surface area contributed by atoms with E-state index in [0.29, 0.717) is 12.2 Å². The molecule has 17 heavy (non-hydrogen) atoms. The highest BCUT2D eigenvalue weighted by Gasteiger charge is 2.21. The fraction of sp³-hybridized carbons (Fsp3) is 0.455. The minimum absolute atomic E-state index is 0.106. The molecule has 2 rings (SSSR count). The van der Waals surface area contributed by atoms with Gasteiger partial charge in [-0.3, -0.25) is 4.18 Å². The second-order valence-corrected chi connectivity index (χ2v) is 5.62. The number of benzene rings is 1. The van der Waals surface area contributed by atoms with Crippen LogP contribution in [-0.4, -0.2) is 33.0 Å². The third kappa shape index (κ3) is 3.18. The fourth-order valence-corrected chi connectivity index (χ4v) is 2.10. The van der Waals surface area contributed by atoms with Gasteiger partial charge in [-0.25, -0.2) is 0 Å². The Bertz CT molecular complexity index is 509. The zero-order valence-corrected chi connectivity index (χ0v) is 10.2. The second kappa shape index (κ2) is 4.64. The zero-order chi connectivity index (χ0) is 12.5. The first-order valence-corrected chi connectivity index (χ1v) is 7.05. The molecule has 1 aromatic rings. The lowest BCUT2D eigenvalue weighted by atomic mass is 10.1. The van der Waals surface area contributed by atoms with E-state index in [-0.39, 0.29) is 13.2 Å². The number of fused-ring (bicyclic) bond motifs is 1. The van der Waals surface area contributed by atoms with Gasteiger partial charge in [0, 0.05) is 5.56 Å². The molecule has 0 aliphatic carbocycles. The molecule has 0 saturated carbocycles. The van der Waals surface area contributed by atoms with Crippen LogP contribution in [0.15, 0.2) is 18.2 Å². The van der Waals surface area contributed by atoms with Crippen LogP contribution in [0.3, 0.4) is 0 Å². The maximum absolute atomic E-state index is 10.8. The van der Waals surface area contributed by atoms with E-state index in [1.165, 1.54) is 0 Å². The Morgan fingerprint density at radius 2 is 2.29 bits per heavy atom. The van der Waals surface area contributed by atoms with Crippen LogP contribution in [-0.2, 0) is 20.7 Å². The third-order valence-electron chi connectivity index (χ3n) is 2.52. The summed E-state index contributed by atoms with van der Waals surface area (Å²) in [5.74, 6) is 0.685. The lowest BCUT2D eigenvalue weighted by Gasteiger charge is -2.05. The van der Waals surface area contributed by atoms with Crippen molar-refractivity contribution >= 4 is 10.1 Å². The molecule has 1 aliphatic heterocycles. The fourth-order valence-electron chi connectivity index (χ4n) is 1.71. The molecule has 0 amide bonds. The first kappa shape index (κ1) is 12.3. The third-order valence-corrected chi connectivity index (χ3v) is 3.11. The van der Waals surface area contributed by atoms with Crippen LogP contribution in [0.2, 0.25) is 0 Å². The van der Waals surface area contributed by atoms with Gasteiger partial charge in [0.2, 0.25) is 0 Å². The predicted octanol–water partition coefficient (Wildman–Crippen LogP) is 0.631. The van der Waals surface area contributed by atoms with Gasteiger partial charge in [-0.05, 0) is 24.1 Å². The van der Waals surface area contributed by atoms with Crippen LogP contribution >= 0.6 is 0 Å². The topological polar surface area (TPSA) is 72.8 Å². The molecule has 1 aromatic carbocycles. The van der Waals surface area contributed by atoms with Gasteiger partial charge in [0.05, 0.1) is 12.9 Å². The van der Waals surface area contributed by atoms with Crippen molar-refractivity contribution in [3.05, 3.63) is 29.3 Å². The Kier molecular flexibility index (Phi) is 3.37. The zero-order valence-electron chi connectivity index (χ0n) is 9.42. The summed E-state index contributed by atoms with van der Waals surface area (Å²) in [6, 6.07) is 5.43. The van der Waals surface area contributed by atoms with Crippen molar-refractivity contribution in [2.75, 3.05) is 19.5 Å². The number of hydrogen-bond acceptors (Lipinski definition) is 5. The van der Waals surface area contributed by atoms with Crippen LogP contribution in [0.1, 0.15) is 17.2 Å². The molecule has 0 bridgehead atoms. The van der Waals surface area contributed by atoms with Crippen molar-refractivity contribution in [2.45, 2.75) is 12.5 Å². The molecule has 0 saturated heterocycles. The second-order valence-electron chi connectivity index (χ2n) is 3.98. The van der Waals surface area contributed by atoms with Gasteiger partial charge < -0.3 is 9.84 Å². The average molecular weight is 258 g/mol. The van der Waals surface area contributed by atoms with E-state index in [1.54, 1.807) is 6.07 Å². The highest BCUT2D eigenvalue weighted by molar-refractivity contribution is 7.85. The van der Waals surface area contributed by atoms with Crippen LogP contribution in [0.25, 0.3) is 0 Å². The van der Waals surface area contributed by atoms with Gasteiger partial charge in [-0.15, -0.1) is 0 Å². The van der Waals surface area contributed by atoms with E-state index >= 15 is 0 Å². The highest BCUT2D eigenvalue weighted by Crippen LogP contribution is 2.32. The van der Waals surface area contributed by atoms with Crippen LogP contribution < -0.4 is 4.74 Å². The smallest absolute Gasteiger partial charge is 0.264 e. The molecular formula is C11H14O5S. The van der Waals surface area contributed by atoms with Crippen molar-refractivity contribution in [3.63, 3.8) is 0 Å². The molecule has 0 radical (unpaired) electrons. The predicted molar refractivity (Wildman–Crippen MR) is 61.4 cm³/mol. The van der Waals surface area contributed by atoms with Crippen molar-refractivity contribution in [2.24, 2.45) is 0 Å². The molecule has 1 unspecified atom stereocenters. The van der Waals surface area contributed by atoms with Crippen molar-refractivity contribution < 1.29 is 22.4 Å². The summed E-state index contributed by atoms with van der Waals surface area (Å²) < 4.78 is 31.5. The van der Waals surface area contributed by atoms with E-state index in [9.17, 15) is 13.5 Å². The molecule has 0 spiro atoms. The summed E-state index contributed by atoms with van der Waals surface area (Å²) in [4.78, 5) is 0. The highest BCUT2D eigenvalue weighted by atomic mass is 32.2. The summed E-state index contributed by atoms with van der Waals surface area (Å²) in [6.07, 6.45) is 0.904. The summed E-state index contributed by atoms with van der Waals surface area (Å²) in [6.45, 7) is 0.382. The van der Waals surface area contributed by atoms with E-state index in [0.717, 1.165) is 17.4 Å². The lowest BCUT2D eigenvalue weighted by molar-refractivity contribution is 0.140. The maximum Gasteiger partial charge on any atom is 0.264 e. The Hall–Kier alpha value is -1.11. The molecule has 5 nitrogen and oxygen atoms in total. The Balaban J connectivity index is 2.01. The molecule has 1 atom stereocenters. The Morgan fingerprint density at radius 3 is 3.00 bits per heavy atom. The van der Waals surface area contributed by atoms with Crippen LogP contribution in [0.5, 0.6) is 5.75 Å². The monoisotopic (exact) mass is 258 g/mol. The largest absolute Gasteiger partial charge is 0.490 e. The van der Waals surface area contributed by atoms with E-state index < -0.39 is 16.2 Å². The minimum Gasteiger partial charge on any atom is -0.490 e. The number of aliphatic hydroxyl groups excluding tert-OH is 1. The van der Waals surface area contributed by atoms with E-state index in [2.05, 4.69) is 4.18 Å². The van der Waals surface area contributed by atoms with Gasteiger partial charge in [0.25, 0.3) is 10.1 Å². The Morgan fingerprint density at radius 1 is 1.53 bits per heavy atom. The standard InChI is InChI=1S/C11H14O5S/c1-17(13,14)16-5-4-8-2-3-11-9(6-8)10(12)7-15-11/h2-3,6,10,12H,4-5,7H2,1H3. The molecule has 1 aliphatic rings. The molecule has 1 N–H and O–H groups in total. The first-order valence-electron chi connectivity index (χ1n) is 5.24. The van der Waals surface area contributed by atoms with Gasteiger partial charge >= 0.3 is 0 Å². The normalized spacial score (nSPS) is 18.8. The number of ether oxygens (including phenoxy) is 1. The molecule has 0 aromatic heterocycles. The summed E-state index contributed by atoms with van der Waals surface area (Å²) in [5.41, 5.74) is 1.67. The lowest BCUT2D eigenvalue weighted by Crippen LogP contribution is -2.06. The molecule has 0 fully saturated rings. The maximum atomic E-state index is 10.8. The summed E-state index contributed by atoms with van der Waals surface area (Å²) in [7, 11) is -3.39. The van der Waals surface area contributed by atoms with Crippen molar-refractivity contribution in [3.8, 4) is 5.75 Å². The number of hydrogen-bond donors (Lipinski definition) is 1. The van der Waals surface area contributed by atoms with E-state index in [4.69, 9.17) is 4.74 Å². The van der Waals surface area contributed by atoms with Gasteiger partial charge in [-0.2, -0.15) is 8.42 Å². The number of rotatable bonds is 4.